The predicted octanol–water partition coefficient (Wildman–Crippen LogP) is 1.40. The zero-order chi connectivity index (χ0) is 11.3. The average Bonchev–Trinajstić information content (AvgIpc) is 2.28. The molecule has 0 aliphatic rings. The summed E-state index contributed by atoms with van der Waals surface area (Å²) in [7, 11) is 1.54. The van der Waals surface area contributed by atoms with Gasteiger partial charge >= 0.3 is 0 Å². The minimum Gasteiger partial charge on any atom is -0.495 e. The van der Waals surface area contributed by atoms with Gasteiger partial charge in [0.2, 0.25) is 0 Å². The number of pyridine rings is 1. The van der Waals surface area contributed by atoms with Crippen molar-refractivity contribution in [2.75, 3.05) is 7.11 Å². The first-order valence-electron chi connectivity index (χ1n) is 4.95. The highest BCUT2D eigenvalue weighted by Gasteiger charge is 2.11. The molecule has 15 heavy (non-hydrogen) atoms. The lowest BCUT2D eigenvalue weighted by Gasteiger charge is -2.07. The first-order chi connectivity index (χ1) is 7.17. The SMILES string of the molecule is CCC(N)CC(=O)c1cncc(OC)c1. The summed E-state index contributed by atoms with van der Waals surface area (Å²) in [4.78, 5) is 15.6. The van der Waals surface area contributed by atoms with Gasteiger partial charge in [0.15, 0.2) is 5.78 Å². The third-order valence-corrected chi connectivity index (χ3v) is 2.24. The third-order valence-electron chi connectivity index (χ3n) is 2.24. The summed E-state index contributed by atoms with van der Waals surface area (Å²) in [6.07, 6.45) is 4.25. The standard InChI is InChI=1S/C11H16N2O2/c1-3-9(12)5-11(14)8-4-10(15-2)7-13-6-8/h4,6-7,9H,3,5,12H2,1-2H3. The summed E-state index contributed by atoms with van der Waals surface area (Å²) in [5.41, 5.74) is 6.26. The summed E-state index contributed by atoms with van der Waals surface area (Å²) in [6.45, 7) is 1.96. The van der Waals surface area contributed by atoms with Crippen molar-refractivity contribution in [3.63, 3.8) is 0 Å². The summed E-state index contributed by atoms with van der Waals surface area (Å²) in [5.74, 6) is 0.599. The molecule has 0 aliphatic heterocycles. The zero-order valence-electron chi connectivity index (χ0n) is 9.06. The number of ether oxygens (including phenoxy) is 1. The molecule has 0 bridgehead atoms. The number of carbonyl (C=O) groups excluding carboxylic acids is 1. The topological polar surface area (TPSA) is 65.2 Å². The number of Topliss-reactive ketones (excluding diaryl/α,β-unsaturated/α-hetero) is 1. The van der Waals surface area contributed by atoms with Crippen molar-refractivity contribution in [1.82, 2.24) is 4.98 Å². The molecule has 0 aliphatic carbocycles. The van der Waals surface area contributed by atoms with Crippen molar-refractivity contribution in [1.29, 1.82) is 0 Å². The number of ketones is 1. The number of carbonyl (C=O) groups is 1. The van der Waals surface area contributed by atoms with Gasteiger partial charge in [0.1, 0.15) is 5.75 Å². The number of nitrogens with zero attached hydrogens (tertiary/aromatic N) is 1. The number of methoxy groups -OCH3 is 1. The van der Waals surface area contributed by atoms with E-state index in [-0.39, 0.29) is 11.8 Å². The Morgan fingerprint density at radius 3 is 2.93 bits per heavy atom. The van der Waals surface area contributed by atoms with Crippen LogP contribution in [0.2, 0.25) is 0 Å². The highest BCUT2D eigenvalue weighted by molar-refractivity contribution is 5.96. The zero-order valence-corrected chi connectivity index (χ0v) is 9.06. The maximum Gasteiger partial charge on any atom is 0.166 e. The van der Waals surface area contributed by atoms with Gasteiger partial charge in [-0.1, -0.05) is 6.92 Å². The van der Waals surface area contributed by atoms with E-state index >= 15 is 0 Å². The van der Waals surface area contributed by atoms with Crippen molar-refractivity contribution >= 4 is 5.78 Å². The minimum absolute atomic E-state index is 0.00995. The monoisotopic (exact) mass is 208 g/mol. The van der Waals surface area contributed by atoms with E-state index in [0.29, 0.717) is 17.7 Å². The second-order valence-corrected chi connectivity index (χ2v) is 3.41. The molecule has 0 saturated heterocycles. The molecule has 0 radical (unpaired) electrons. The van der Waals surface area contributed by atoms with Gasteiger partial charge in [-0.15, -0.1) is 0 Å². The molecule has 0 saturated carbocycles. The summed E-state index contributed by atoms with van der Waals surface area (Å²) in [5, 5.41) is 0. The van der Waals surface area contributed by atoms with E-state index in [2.05, 4.69) is 4.98 Å². The fourth-order valence-corrected chi connectivity index (χ4v) is 1.18. The van der Waals surface area contributed by atoms with Crippen molar-refractivity contribution in [3.05, 3.63) is 24.0 Å². The van der Waals surface area contributed by atoms with Crippen LogP contribution >= 0.6 is 0 Å². The van der Waals surface area contributed by atoms with Gasteiger partial charge in [0.05, 0.1) is 13.3 Å². The molecule has 2 N–H and O–H groups in total. The van der Waals surface area contributed by atoms with Crippen LogP contribution in [0, 0.1) is 0 Å². The molecule has 0 fully saturated rings. The van der Waals surface area contributed by atoms with Crippen molar-refractivity contribution in [2.24, 2.45) is 5.73 Å². The smallest absolute Gasteiger partial charge is 0.166 e. The number of rotatable bonds is 5. The fourth-order valence-electron chi connectivity index (χ4n) is 1.18. The van der Waals surface area contributed by atoms with Gasteiger partial charge < -0.3 is 10.5 Å². The Morgan fingerprint density at radius 2 is 2.33 bits per heavy atom. The molecule has 1 heterocycles. The Labute approximate surface area is 89.5 Å². The molecule has 1 unspecified atom stereocenters. The van der Waals surface area contributed by atoms with Crippen LogP contribution < -0.4 is 10.5 Å². The second-order valence-electron chi connectivity index (χ2n) is 3.41. The van der Waals surface area contributed by atoms with Crippen molar-refractivity contribution in [3.8, 4) is 5.75 Å². The molecule has 4 heteroatoms. The molecule has 4 nitrogen and oxygen atoms in total. The van der Waals surface area contributed by atoms with Crippen molar-refractivity contribution < 1.29 is 9.53 Å². The van der Waals surface area contributed by atoms with Crippen LogP contribution in [0.25, 0.3) is 0 Å². The highest BCUT2D eigenvalue weighted by Crippen LogP contribution is 2.12. The molecule has 1 atom stereocenters. The lowest BCUT2D eigenvalue weighted by Crippen LogP contribution is -2.22. The lowest BCUT2D eigenvalue weighted by atomic mass is 10.0. The summed E-state index contributed by atoms with van der Waals surface area (Å²) < 4.78 is 4.99. The molecule has 1 rings (SSSR count). The average molecular weight is 208 g/mol. The van der Waals surface area contributed by atoms with E-state index in [0.717, 1.165) is 6.42 Å². The van der Waals surface area contributed by atoms with E-state index in [1.165, 1.54) is 6.20 Å². The van der Waals surface area contributed by atoms with Crippen LogP contribution in [0.5, 0.6) is 5.75 Å². The first-order valence-corrected chi connectivity index (χ1v) is 4.95. The van der Waals surface area contributed by atoms with Gasteiger partial charge in [-0.05, 0) is 12.5 Å². The number of aromatic nitrogens is 1. The third kappa shape index (κ3) is 3.32. The van der Waals surface area contributed by atoms with Crippen molar-refractivity contribution in [2.45, 2.75) is 25.8 Å². The van der Waals surface area contributed by atoms with E-state index in [1.54, 1.807) is 19.4 Å². The van der Waals surface area contributed by atoms with Crippen LogP contribution in [-0.2, 0) is 0 Å². The molecular formula is C11H16N2O2. The normalized spacial score (nSPS) is 12.2. The molecular weight excluding hydrogens is 192 g/mol. The minimum atomic E-state index is -0.0799. The highest BCUT2D eigenvalue weighted by atomic mass is 16.5. The Hall–Kier alpha value is -1.42. The van der Waals surface area contributed by atoms with Gasteiger partial charge in [-0.2, -0.15) is 0 Å². The second kappa shape index (κ2) is 5.46. The summed E-state index contributed by atoms with van der Waals surface area (Å²) in [6, 6.07) is 1.60. The number of nitrogens with two attached hydrogens (primary N) is 1. The maximum absolute atomic E-state index is 11.7. The summed E-state index contributed by atoms with van der Waals surface area (Å²) >= 11 is 0. The molecule has 0 amide bonds. The van der Waals surface area contributed by atoms with Crippen LogP contribution in [0.1, 0.15) is 30.1 Å². The van der Waals surface area contributed by atoms with Crippen LogP contribution in [0.4, 0.5) is 0 Å². The van der Waals surface area contributed by atoms with E-state index in [4.69, 9.17) is 10.5 Å². The van der Waals surface area contributed by atoms with Gasteiger partial charge in [-0.3, -0.25) is 9.78 Å². The Balaban J connectivity index is 2.73. The molecule has 0 aromatic carbocycles. The van der Waals surface area contributed by atoms with Gasteiger partial charge in [-0.25, -0.2) is 0 Å². The molecule has 0 spiro atoms. The molecule has 1 aromatic heterocycles. The van der Waals surface area contributed by atoms with E-state index in [1.807, 2.05) is 6.92 Å². The van der Waals surface area contributed by atoms with Crippen LogP contribution in [-0.4, -0.2) is 23.9 Å². The first kappa shape index (κ1) is 11.7. The van der Waals surface area contributed by atoms with E-state index < -0.39 is 0 Å². The van der Waals surface area contributed by atoms with Gasteiger partial charge in [0.25, 0.3) is 0 Å². The number of hydrogen-bond acceptors (Lipinski definition) is 4. The number of hydrogen-bond donors (Lipinski definition) is 1. The van der Waals surface area contributed by atoms with Gasteiger partial charge in [0, 0.05) is 24.2 Å². The quantitative estimate of drug-likeness (QED) is 0.743. The van der Waals surface area contributed by atoms with E-state index in [9.17, 15) is 4.79 Å². The maximum atomic E-state index is 11.7. The molecule has 1 aromatic rings. The van der Waals surface area contributed by atoms with Crippen LogP contribution in [0.3, 0.4) is 0 Å². The Morgan fingerprint density at radius 1 is 1.60 bits per heavy atom. The van der Waals surface area contributed by atoms with Crippen LogP contribution in [0.15, 0.2) is 18.5 Å². The predicted molar refractivity (Wildman–Crippen MR) is 58.0 cm³/mol. The Kier molecular flexibility index (Phi) is 4.24. The largest absolute Gasteiger partial charge is 0.495 e. The Bertz CT molecular complexity index is 339. The molecule has 82 valence electrons. The fraction of sp³-hybridized carbons (Fsp3) is 0.455. The lowest BCUT2D eigenvalue weighted by molar-refractivity contribution is 0.0973.